The molecule has 1 aromatic heterocycles. The van der Waals surface area contributed by atoms with Crippen LogP contribution in [-0.4, -0.2) is 27.9 Å². The van der Waals surface area contributed by atoms with E-state index in [9.17, 15) is 19.8 Å². The molecule has 2 aliphatic rings. The van der Waals surface area contributed by atoms with Crippen LogP contribution in [-0.2, 0) is 11.3 Å². The van der Waals surface area contributed by atoms with Crippen LogP contribution >= 0.6 is 0 Å². The number of carboxylic acids is 1. The van der Waals surface area contributed by atoms with E-state index in [-0.39, 0.29) is 5.41 Å². The summed E-state index contributed by atoms with van der Waals surface area (Å²) >= 11 is 0. The second kappa shape index (κ2) is 6.78. The van der Waals surface area contributed by atoms with Gasteiger partial charge in [0.2, 0.25) is 5.43 Å². The molecule has 134 valence electrons. The van der Waals surface area contributed by atoms with E-state index in [2.05, 4.69) is 12.2 Å². The maximum absolute atomic E-state index is 11.8. The predicted molar refractivity (Wildman–Crippen MR) is 92.6 cm³/mol. The van der Waals surface area contributed by atoms with Crippen molar-refractivity contribution in [3.05, 3.63) is 51.7 Å². The first-order valence-electron chi connectivity index (χ1n) is 8.57. The zero-order valence-corrected chi connectivity index (χ0v) is 14.3. The van der Waals surface area contributed by atoms with Gasteiger partial charge in [0, 0.05) is 30.8 Å². The lowest BCUT2D eigenvalue weighted by atomic mass is 9.75. The van der Waals surface area contributed by atoms with Gasteiger partial charge in [0.05, 0.1) is 12.9 Å². The molecule has 6 nitrogen and oxygen atoms in total. The highest BCUT2D eigenvalue weighted by molar-refractivity contribution is 5.87. The van der Waals surface area contributed by atoms with Crippen LogP contribution in [0, 0.1) is 5.41 Å². The lowest BCUT2D eigenvalue weighted by Crippen LogP contribution is -2.29. The summed E-state index contributed by atoms with van der Waals surface area (Å²) in [5.41, 5.74) is -0.264. The summed E-state index contributed by atoms with van der Waals surface area (Å²) in [4.78, 5) is 23.1. The highest BCUT2D eigenvalue weighted by Crippen LogP contribution is 2.48. The van der Waals surface area contributed by atoms with Gasteiger partial charge in [-0.15, -0.1) is 0 Å². The van der Waals surface area contributed by atoms with Gasteiger partial charge in [-0.25, -0.2) is 4.79 Å². The zero-order valence-electron chi connectivity index (χ0n) is 14.3. The first-order chi connectivity index (χ1) is 12.0. The molecule has 0 spiro atoms. The number of carboxylic acid groups (broad SMARTS) is 1. The molecule has 25 heavy (non-hydrogen) atoms. The van der Waals surface area contributed by atoms with Gasteiger partial charge >= 0.3 is 5.97 Å². The highest BCUT2D eigenvalue weighted by Gasteiger charge is 2.39. The highest BCUT2D eigenvalue weighted by atomic mass is 16.5. The Kier molecular flexibility index (Phi) is 4.70. The van der Waals surface area contributed by atoms with Gasteiger partial charge in [-0.05, 0) is 24.8 Å². The van der Waals surface area contributed by atoms with Crippen LogP contribution in [0.3, 0.4) is 0 Å². The van der Waals surface area contributed by atoms with Gasteiger partial charge in [-0.3, -0.25) is 4.79 Å². The molecule has 0 amide bonds. The molecule has 1 aromatic rings. The van der Waals surface area contributed by atoms with Crippen LogP contribution < -0.4 is 5.43 Å². The van der Waals surface area contributed by atoms with Crippen molar-refractivity contribution < 1.29 is 19.7 Å². The number of aromatic carboxylic acids is 1. The molecule has 1 saturated carbocycles. The molecule has 1 heterocycles. The van der Waals surface area contributed by atoms with Gasteiger partial charge in [0.25, 0.3) is 0 Å². The Bertz CT molecular complexity index is 797. The van der Waals surface area contributed by atoms with Gasteiger partial charge in [-0.1, -0.05) is 25.0 Å². The molecule has 0 bridgehead atoms. The van der Waals surface area contributed by atoms with E-state index in [0.29, 0.717) is 6.54 Å². The Morgan fingerprint density at radius 3 is 2.68 bits per heavy atom. The summed E-state index contributed by atoms with van der Waals surface area (Å²) < 4.78 is 7.24. The molecule has 6 heteroatoms. The van der Waals surface area contributed by atoms with E-state index in [1.54, 1.807) is 11.7 Å². The summed E-state index contributed by atoms with van der Waals surface area (Å²) in [6.45, 7) is 0.508. The summed E-state index contributed by atoms with van der Waals surface area (Å²) in [5, 5.41) is 19.1. The molecule has 0 atom stereocenters. The molecule has 2 N–H and O–H groups in total. The summed E-state index contributed by atoms with van der Waals surface area (Å²) in [7, 11) is 1.69. The zero-order chi connectivity index (χ0) is 18.0. The summed E-state index contributed by atoms with van der Waals surface area (Å²) in [6, 6.07) is 0. The first-order valence-corrected chi connectivity index (χ1v) is 8.57. The van der Waals surface area contributed by atoms with Crippen LogP contribution in [0.25, 0.3) is 0 Å². The molecule has 3 rings (SSSR count). The molecule has 0 radical (unpaired) electrons. The van der Waals surface area contributed by atoms with Crippen molar-refractivity contribution in [3.63, 3.8) is 0 Å². The van der Waals surface area contributed by atoms with Gasteiger partial charge in [0.1, 0.15) is 5.56 Å². The average molecular weight is 345 g/mol. The number of hydrogen-bond donors (Lipinski definition) is 2. The van der Waals surface area contributed by atoms with Gasteiger partial charge < -0.3 is 19.5 Å². The monoisotopic (exact) mass is 345 g/mol. The van der Waals surface area contributed by atoms with E-state index in [1.807, 2.05) is 0 Å². The van der Waals surface area contributed by atoms with Crippen molar-refractivity contribution in [1.29, 1.82) is 0 Å². The molecule has 1 fully saturated rings. The fourth-order valence-electron chi connectivity index (χ4n) is 4.10. The minimum atomic E-state index is -1.33. The van der Waals surface area contributed by atoms with Crippen molar-refractivity contribution in [2.45, 2.75) is 45.1 Å². The molecular weight excluding hydrogens is 322 g/mol. The van der Waals surface area contributed by atoms with Gasteiger partial charge in [-0.2, -0.15) is 0 Å². The minimum absolute atomic E-state index is 0.167. The third-order valence-electron chi connectivity index (χ3n) is 5.28. The number of carbonyl (C=O) groups is 1. The van der Waals surface area contributed by atoms with E-state index in [0.717, 1.165) is 49.9 Å². The minimum Gasteiger partial charge on any atom is -0.503 e. The number of aromatic hydroxyl groups is 1. The number of ether oxygens (including phenoxy) is 1. The van der Waals surface area contributed by atoms with Crippen LogP contribution in [0.2, 0.25) is 0 Å². The molecule has 0 aliphatic heterocycles. The Balaban J connectivity index is 2.04. The van der Waals surface area contributed by atoms with Crippen LogP contribution in [0.4, 0.5) is 0 Å². The largest absolute Gasteiger partial charge is 0.503 e. The maximum Gasteiger partial charge on any atom is 0.341 e. The molecular formula is C19H23NO5. The standard InChI is InChI=1S/C19H23NO5/c1-25-16-7-3-2-6-14(16)19(8-4-5-9-19)12-20-10-13(18(23)24)17(22)15(21)11-20/h2,6,10-11,21H,3-5,7-9,12H2,1H3,(H,23,24). The second-order valence-electron chi connectivity index (χ2n) is 6.83. The Labute approximate surface area is 146 Å². The van der Waals surface area contributed by atoms with E-state index >= 15 is 0 Å². The normalized spacial score (nSPS) is 19.2. The Morgan fingerprint density at radius 2 is 2.04 bits per heavy atom. The number of aromatic nitrogens is 1. The molecule has 0 unspecified atom stereocenters. The van der Waals surface area contributed by atoms with Crippen LogP contribution in [0.15, 0.2) is 40.7 Å². The van der Waals surface area contributed by atoms with Crippen LogP contribution in [0.5, 0.6) is 5.75 Å². The third-order valence-corrected chi connectivity index (χ3v) is 5.28. The summed E-state index contributed by atoms with van der Waals surface area (Å²) in [5.74, 6) is -0.884. The SMILES string of the molecule is COC1=C(C2(Cn3cc(O)c(=O)c(C(=O)O)c3)CCCC2)C=CCC1. The fraction of sp³-hybridized carbons (Fsp3) is 0.474. The van der Waals surface area contributed by atoms with Crippen molar-refractivity contribution >= 4 is 5.97 Å². The number of nitrogens with zero attached hydrogens (tertiary/aromatic N) is 1. The third kappa shape index (κ3) is 3.21. The van der Waals surface area contributed by atoms with Crippen LogP contribution in [0.1, 0.15) is 48.9 Å². The topological polar surface area (TPSA) is 88.8 Å². The van der Waals surface area contributed by atoms with Crippen molar-refractivity contribution in [3.8, 4) is 5.75 Å². The number of allylic oxidation sites excluding steroid dienone is 4. The molecule has 2 aliphatic carbocycles. The van der Waals surface area contributed by atoms with Gasteiger partial charge in [0.15, 0.2) is 5.75 Å². The van der Waals surface area contributed by atoms with Crippen molar-refractivity contribution in [2.24, 2.45) is 5.41 Å². The Morgan fingerprint density at radius 1 is 1.32 bits per heavy atom. The predicted octanol–water partition coefficient (Wildman–Crippen LogP) is 3.06. The summed E-state index contributed by atoms with van der Waals surface area (Å²) in [6.07, 6.45) is 12.8. The van der Waals surface area contributed by atoms with Crippen molar-refractivity contribution in [2.75, 3.05) is 7.11 Å². The first kappa shape index (κ1) is 17.3. The van der Waals surface area contributed by atoms with Crippen molar-refractivity contribution in [1.82, 2.24) is 4.57 Å². The quantitative estimate of drug-likeness (QED) is 0.856. The second-order valence-corrected chi connectivity index (χ2v) is 6.83. The van der Waals surface area contributed by atoms with E-state index in [4.69, 9.17) is 4.74 Å². The maximum atomic E-state index is 11.8. The lowest BCUT2D eigenvalue weighted by Gasteiger charge is -2.34. The smallest absolute Gasteiger partial charge is 0.341 e. The average Bonchev–Trinajstić information content (AvgIpc) is 3.07. The number of pyridine rings is 1. The van der Waals surface area contributed by atoms with E-state index < -0.39 is 22.7 Å². The molecule has 0 saturated heterocycles. The Hall–Kier alpha value is -2.50. The number of hydrogen-bond acceptors (Lipinski definition) is 4. The number of rotatable bonds is 5. The number of methoxy groups -OCH3 is 1. The molecule has 0 aromatic carbocycles. The van der Waals surface area contributed by atoms with E-state index in [1.165, 1.54) is 12.4 Å². The fourth-order valence-corrected chi connectivity index (χ4v) is 4.10. The lowest BCUT2D eigenvalue weighted by molar-refractivity contribution is 0.0693.